The van der Waals surface area contributed by atoms with Crippen molar-refractivity contribution >= 4 is 11.9 Å². The van der Waals surface area contributed by atoms with Crippen LogP contribution in [0, 0.1) is 5.92 Å². The summed E-state index contributed by atoms with van der Waals surface area (Å²) in [4.78, 5) is 15.6. The molecule has 1 heterocycles. The molecule has 0 N–H and O–H groups in total. The first-order valence-electron chi connectivity index (χ1n) is 5.06. The smallest absolute Gasteiger partial charge is 0.331 e. The molecule has 0 saturated heterocycles. The van der Waals surface area contributed by atoms with Gasteiger partial charge < -0.3 is 9.47 Å². The van der Waals surface area contributed by atoms with E-state index in [2.05, 4.69) is 4.99 Å². The van der Waals surface area contributed by atoms with Crippen LogP contribution in [0.2, 0.25) is 0 Å². The van der Waals surface area contributed by atoms with Crippen molar-refractivity contribution < 1.29 is 14.3 Å². The molecule has 0 spiro atoms. The van der Waals surface area contributed by atoms with Gasteiger partial charge in [-0.15, -0.1) is 0 Å². The molecule has 0 fully saturated rings. The summed E-state index contributed by atoms with van der Waals surface area (Å²) in [6, 6.07) is -0.355. The number of aliphatic imine (C=N–C) groups is 1. The minimum Gasteiger partial charge on any atom is -0.481 e. The predicted octanol–water partition coefficient (Wildman–Crippen LogP) is 1.39. The van der Waals surface area contributed by atoms with E-state index < -0.39 is 0 Å². The lowest BCUT2D eigenvalue weighted by molar-refractivity contribution is -0.144. The molecule has 0 radical (unpaired) electrons. The Hall–Kier alpha value is -1.06. The van der Waals surface area contributed by atoms with Gasteiger partial charge in [0.1, 0.15) is 0 Å². The molecule has 0 bridgehead atoms. The molecule has 0 saturated carbocycles. The average Bonchev–Trinajstić information content (AvgIpc) is 2.49. The lowest BCUT2D eigenvalue weighted by atomic mass is 10.1. The number of ether oxygens (including phenoxy) is 2. The third kappa shape index (κ3) is 2.47. The fourth-order valence-electron chi connectivity index (χ4n) is 1.48. The number of esters is 1. The van der Waals surface area contributed by atoms with Crippen molar-refractivity contribution in [2.24, 2.45) is 10.9 Å². The van der Waals surface area contributed by atoms with E-state index in [1.54, 1.807) is 6.92 Å². The van der Waals surface area contributed by atoms with Gasteiger partial charge in [-0.3, -0.25) is 0 Å². The molecule has 2 atom stereocenters. The lowest BCUT2D eigenvalue weighted by Crippen LogP contribution is -2.19. The van der Waals surface area contributed by atoms with Gasteiger partial charge in [0, 0.05) is 5.92 Å². The molecule has 4 heteroatoms. The SMILES string of the molecule is CCOC(=O)[C@@H]1C[C@H](C)C(OCC)=N1. The maximum atomic E-state index is 11.4. The molecule has 4 nitrogen and oxygen atoms in total. The molecule has 0 aromatic carbocycles. The van der Waals surface area contributed by atoms with Crippen LogP contribution in [0.5, 0.6) is 0 Å². The second-order valence-electron chi connectivity index (χ2n) is 3.30. The second kappa shape index (κ2) is 4.98. The monoisotopic (exact) mass is 199 g/mol. The third-order valence-electron chi connectivity index (χ3n) is 2.13. The largest absolute Gasteiger partial charge is 0.481 e. The number of carbonyl (C=O) groups excluding carboxylic acids is 1. The summed E-state index contributed by atoms with van der Waals surface area (Å²) in [6.45, 7) is 6.71. The van der Waals surface area contributed by atoms with E-state index in [-0.39, 0.29) is 17.9 Å². The van der Waals surface area contributed by atoms with Gasteiger partial charge in [-0.05, 0) is 20.3 Å². The van der Waals surface area contributed by atoms with Crippen molar-refractivity contribution in [3.05, 3.63) is 0 Å². The minimum absolute atomic E-state index is 0.226. The van der Waals surface area contributed by atoms with Crippen LogP contribution < -0.4 is 0 Å². The van der Waals surface area contributed by atoms with Crippen molar-refractivity contribution in [2.75, 3.05) is 13.2 Å². The summed E-state index contributed by atoms with van der Waals surface area (Å²) in [5.74, 6) is 0.670. The highest BCUT2D eigenvalue weighted by Crippen LogP contribution is 2.21. The highest BCUT2D eigenvalue weighted by Gasteiger charge is 2.31. The Balaban J connectivity index is 2.55. The Morgan fingerprint density at radius 3 is 2.79 bits per heavy atom. The number of rotatable bonds is 3. The van der Waals surface area contributed by atoms with Crippen molar-refractivity contribution in [3.8, 4) is 0 Å². The Bertz CT molecular complexity index is 238. The first-order chi connectivity index (χ1) is 6.69. The van der Waals surface area contributed by atoms with Crippen molar-refractivity contribution in [3.63, 3.8) is 0 Å². The molecule has 1 aliphatic heterocycles. The molecule has 0 aliphatic carbocycles. The Labute approximate surface area is 84.3 Å². The van der Waals surface area contributed by atoms with Gasteiger partial charge in [0.25, 0.3) is 0 Å². The van der Waals surface area contributed by atoms with Gasteiger partial charge in [0.15, 0.2) is 11.9 Å². The van der Waals surface area contributed by atoms with Crippen molar-refractivity contribution in [2.45, 2.75) is 33.2 Å². The molecular formula is C10H17NO3. The summed E-state index contributed by atoms with van der Waals surface area (Å²) >= 11 is 0. The summed E-state index contributed by atoms with van der Waals surface area (Å²) in [7, 11) is 0. The van der Waals surface area contributed by atoms with E-state index in [0.29, 0.717) is 25.5 Å². The quantitative estimate of drug-likeness (QED) is 0.645. The number of hydrogen-bond acceptors (Lipinski definition) is 4. The molecule has 0 unspecified atom stereocenters. The highest BCUT2D eigenvalue weighted by molar-refractivity contribution is 5.87. The van der Waals surface area contributed by atoms with Gasteiger partial charge in [-0.2, -0.15) is 0 Å². The van der Waals surface area contributed by atoms with Crippen LogP contribution in [0.3, 0.4) is 0 Å². The van der Waals surface area contributed by atoms with Crippen LogP contribution in [-0.2, 0) is 14.3 Å². The van der Waals surface area contributed by atoms with Crippen LogP contribution >= 0.6 is 0 Å². The lowest BCUT2D eigenvalue weighted by Gasteiger charge is -2.06. The fourth-order valence-corrected chi connectivity index (χ4v) is 1.48. The van der Waals surface area contributed by atoms with E-state index in [1.165, 1.54) is 0 Å². The van der Waals surface area contributed by atoms with Crippen LogP contribution in [0.25, 0.3) is 0 Å². The number of hydrogen-bond donors (Lipinski definition) is 0. The molecule has 0 amide bonds. The standard InChI is InChI=1S/C10H17NO3/c1-4-13-9-7(3)6-8(11-9)10(12)14-5-2/h7-8H,4-6H2,1-3H3/t7-,8-/m0/s1. The molecule has 0 aromatic heterocycles. The average molecular weight is 199 g/mol. The maximum absolute atomic E-state index is 11.4. The zero-order valence-electron chi connectivity index (χ0n) is 8.95. The van der Waals surface area contributed by atoms with E-state index in [4.69, 9.17) is 9.47 Å². The Morgan fingerprint density at radius 2 is 2.21 bits per heavy atom. The fraction of sp³-hybridized carbons (Fsp3) is 0.800. The molecule has 1 aliphatic rings. The van der Waals surface area contributed by atoms with Gasteiger partial charge in [0.05, 0.1) is 13.2 Å². The van der Waals surface area contributed by atoms with Gasteiger partial charge >= 0.3 is 5.97 Å². The molecule has 1 rings (SSSR count). The highest BCUT2D eigenvalue weighted by atomic mass is 16.5. The normalized spacial score (nSPS) is 25.8. The summed E-state index contributed by atoms with van der Waals surface area (Å²) in [5, 5.41) is 0. The van der Waals surface area contributed by atoms with E-state index in [1.807, 2.05) is 13.8 Å². The number of carbonyl (C=O) groups is 1. The first kappa shape index (κ1) is 11.0. The van der Waals surface area contributed by atoms with Crippen molar-refractivity contribution in [1.82, 2.24) is 0 Å². The van der Waals surface area contributed by atoms with Crippen LogP contribution in [0.1, 0.15) is 27.2 Å². The van der Waals surface area contributed by atoms with Crippen LogP contribution in [0.4, 0.5) is 0 Å². The molecule has 80 valence electrons. The number of nitrogens with zero attached hydrogens (tertiary/aromatic N) is 1. The van der Waals surface area contributed by atoms with Crippen LogP contribution in [-0.4, -0.2) is 31.1 Å². The summed E-state index contributed by atoms with van der Waals surface area (Å²) in [5.41, 5.74) is 0. The van der Waals surface area contributed by atoms with E-state index in [0.717, 1.165) is 0 Å². The summed E-state index contributed by atoms with van der Waals surface area (Å²) < 4.78 is 10.2. The zero-order valence-corrected chi connectivity index (χ0v) is 8.95. The molecular weight excluding hydrogens is 182 g/mol. The van der Waals surface area contributed by atoms with Gasteiger partial charge in [0.2, 0.25) is 0 Å². The minimum atomic E-state index is -0.355. The zero-order chi connectivity index (χ0) is 10.6. The third-order valence-corrected chi connectivity index (χ3v) is 2.13. The second-order valence-corrected chi connectivity index (χ2v) is 3.30. The topological polar surface area (TPSA) is 47.9 Å². The van der Waals surface area contributed by atoms with Gasteiger partial charge in [-0.25, -0.2) is 9.79 Å². The Morgan fingerprint density at radius 1 is 1.50 bits per heavy atom. The summed E-state index contributed by atoms with van der Waals surface area (Å²) in [6.07, 6.45) is 0.703. The van der Waals surface area contributed by atoms with Crippen molar-refractivity contribution in [1.29, 1.82) is 0 Å². The Kier molecular flexibility index (Phi) is 3.92. The predicted molar refractivity (Wildman–Crippen MR) is 53.3 cm³/mol. The van der Waals surface area contributed by atoms with Gasteiger partial charge in [-0.1, -0.05) is 6.92 Å². The molecule has 14 heavy (non-hydrogen) atoms. The van der Waals surface area contributed by atoms with E-state index in [9.17, 15) is 4.79 Å². The van der Waals surface area contributed by atoms with E-state index >= 15 is 0 Å². The first-order valence-corrected chi connectivity index (χ1v) is 5.06. The molecule has 0 aromatic rings. The maximum Gasteiger partial charge on any atom is 0.331 e. The van der Waals surface area contributed by atoms with Crippen LogP contribution in [0.15, 0.2) is 4.99 Å².